The van der Waals surface area contributed by atoms with Gasteiger partial charge in [-0.1, -0.05) is 50.3 Å². The molecule has 2 rings (SSSR count). The number of hydrogen-bond donors (Lipinski definition) is 1. The Hall–Kier alpha value is -1.42. The van der Waals surface area contributed by atoms with Gasteiger partial charge in [-0.2, -0.15) is 0 Å². The molecule has 37 heavy (non-hydrogen) atoms. The number of allylic oxidation sites excluding steroid dienone is 2. The summed E-state index contributed by atoms with van der Waals surface area (Å²) in [6.45, 7) is 19.1. The number of carbonyl (C=O) groups excluding carboxylic acids is 1. The molecule has 1 aromatic heterocycles. The monoisotopic (exact) mass is 567 g/mol. The van der Waals surface area contributed by atoms with E-state index >= 15 is 0 Å². The first-order valence-electron chi connectivity index (χ1n) is 13.2. The number of ether oxygens (including phenoxy) is 1. The van der Waals surface area contributed by atoms with Crippen molar-refractivity contribution < 1.29 is 23.9 Å². The van der Waals surface area contributed by atoms with E-state index in [1.54, 1.807) is 17.1 Å². The summed E-state index contributed by atoms with van der Waals surface area (Å²) < 4.78 is 13.2. The van der Waals surface area contributed by atoms with Crippen molar-refractivity contribution in [3.63, 3.8) is 0 Å². The van der Waals surface area contributed by atoms with E-state index in [0.29, 0.717) is 5.92 Å². The highest BCUT2D eigenvalue weighted by molar-refractivity contribution is 8.01. The number of aromatic nitrogens is 1. The van der Waals surface area contributed by atoms with E-state index in [-0.39, 0.29) is 34.8 Å². The lowest BCUT2D eigenvalue weighted by atomic mass is 9.91. The predicted octanol–water partition coefficient (Wildman–Crippen LogP) is 7.97. The largest absolute Gasteiger partial charge is 0.476 e. The smallest absolute Gasteiger partial charge is 0.355 e. The van der Waals surface area contributed by atoms with Crippen molar-refractivity contribution in [2.24, 2.45) is 11.8 Å². The minimum absolute atomic E-state index is 0.0821. The second-order valence-corrected chi connectivity index (χ2v) is 18.6. The van der Waals surface area contributed by atoms with E-state index in [1.807, 2.05) is 0 Å². The van der Waals surface area contributed by atoms with Crippen LogP contribution in [0.25, 0.3) is 0 Å². The number of nitrogens with zero attached hydrogens (tertiary/aromatic N) is 1. The van der Waals surface area contributed by atoms with Crippen molar-refractivity contribution in [3.8, 4) is 0 Å². The molecule has 4 atom stereocenters. The molecule has 0 saturated heterocycles. The Labute approximate surface area is 232 Å². The molecule has 0 bridgehead atoms. The van der Waals surface area contributed by atoms with Crippen LogP contribution in [0, 0.1) is 11.8 Å². The van der Waals surface area contributed by atoms with Gasteiger partial charge >= 0.3 is 11.9 Å². The molecule has 1 saturated carbocycles. The third-order valence-corrected chi connectivity index (χ3v) is 14.0. The zero-order valence-electron chi connectivity index (χ0n) is 23.5. The van der Waals surface area contributed by atoms with Gasteiger partial charge in [-0.05, 0) is 69.5 Å². The van der Waals surface area contributed by atoms with Gasteiger partial charge in [-0.3, -0.25) is 4.79 Å². The standard InChI is InChI=1S/C28H45NO5S2Si/c1-19(2)12-14-22(34-37(7,8)28(4,5)6)11-9-10-21-13-15-25(33-20(3)30)23(21)16-17-35-27-29-24(18-36-27)26(31)32/h9-10,18,21-23,25H,1,11-17H2,2-8H3,(H,31,32)/b10-9+/t21-,22?,23+,25-/m0/s1. The van der Waals surface area contributed by atoms with Gasteiger partial charge in [0.1, 0.15) is 6.10 Å². The Morgan fingerprint density at radius 1 is 1.32 bits per heavy atom. The minimum atomic E-state index is -1.89. The van der Waals surface area contributed by atoms with E-state index in [9.17, 15) is 9.59 Å². The van der Waals surface area contributed by atoms with Crippen LogP contribution in [0.15, 0.2) is 34.0 Å². The molecular formula is C28H45NO5S2Si. The highest BCUT2D eigenvalue weighted by Gasteiger charge is 2.39. The maximum atomic E-state index is 11.7. The Kier molecular flexibility index (Phi) is 12.1. The molecule has 0 radical (unpaired) electrons. The average molecular weight is 568 g/mol. The molecule has 1 aliphatic carbocycles. The van der Waals surface area contributed by atoms with Crippen LogP contribution in [0.1, 0.15) is 83.6 Å². The van der Waals surface area contributed by atoms with E-state index in [2.05, 4.69) is 64.5 Å². The molecule has 1 fully saturated rings. The third kappa shape index (κ3) is 10.3. The fraction of sp³-hybridized carbons (Fsp3) is 0.679. The summed E-state index contributed by atoms with van der Waals surface area (Å²) in [5, 5.41) is 10.8. The zero-order chi connectivity index (χ0) is 27.8. The first-order chi connectivity index (χ1) is 17.2. The van der Waals surface area contributed by atoms with Crippen molar-refractivity contribution in [3.05, 3.63) is 35.4 Å². The number of esters is 1. The van der Waals surface area contributed by atoms with Crippen molar-refractivity contribution in [1.82, 2.24) is 4.98 Å². The molecule has 6 nitrogen and oxygen atoms in total. The van der Waals surface area contributed by atoms with Crippen LogP contribution in [0.5, 0.6) is 0 Å². The van der Waals surface area contributed by atoms with Gasteiger partial charge in [0.05, 0.1) is 0 Å². The highest BCUT2D eigenvalue weighted by Crippen LogP contribution is 2.40. The summed E-state index contributed by atoms with van der Waals surface area (Å²) in [6, 6.07) is 0. The first-order valence-corrected chi connectivity index (χ1v) is 17.9. The van der Waals surface area contributed by atoms with Gasteiger partial charge in [0.25, 0.3) is 0 Å². The van der Waals surface area contributed by atoms with E-state index in [4.69, 9.17) is 14.3 Å². The Balaban J connectivity index is 2.05. The van der Waals surface area contributed by atoms with Crippen LogP contribution in [0.2, 0.25) is 18.1 Å². The van der Waals surface area contributed by atoms with Crippen LogP contribution >= 0.6 is 23.1 Å². The number of aromatic carboxylic acids is 1. The number of thiazole rings is 1. The molecular weight excluding hydrogens is 523 g/mol. The van der Waals surface area contributed by atoms with Crippen molar-refractivity contribution in [2.75, 3.05) is 5.75 Å². The number of rotatable bonds is 14. The summed E-state index contributed by atoms with van der Waals surface area (Å²) in [6.07, 6.45) is 10.2. The van der Waals surface area contributed by atoms with Crippen LogP contribution < -0.4 is 0 Å². The van der Waals surface area contributed by atoms with Gasteiger partial charge in [-0.25, -0.2) is 9.78 Å². The van der Waals surface area contributed by atoms with Crippen LogP contribution in [0.4, 0.5) is 0 Å². The lowest BCUT2D eigenvalue weighted by Gasteiger charge is -2.39. The van der Waals surface area contributed by atoms with Gasteiger partial charge in [-0.15, -0.1) is 17.9 Å². The van der Waals surface area contributed by atoms with Crippen LogP contribution in [-0.4, -0.2) is 48.3 Å². The zero-order valence-corrected chi connectivity index (χ0v) is 26.2. The van der Waals surface area contributed by atoms with Crippen LogP contribution in [-0.2, 0) is 14.0 Å². The predicted molar refractivity (Wildman–Crippen MR) is 156 cm³/mol. The van der Waals surface area contributed by atoms with Gasteiger partial charge in [0.15, 0.2) is 18.4 Å². The van der Waals surface area contributed by atoms with E-state index in [1.165, 1.54) is 23.8 Å². The molecule has 1 heterocycles. The number of carboxylic acid groups (broad SMARTS) is 1. The molecule has 0 amide bonds. The van der Waals surface area contributed by atoms with E-state index in [0.717, 1.165) is 48.6 Å². The van der Waals surface area contributed by atoms with Crippen molar-refractivity contribution in [2.45, 2.75) is 108 Å². The van der Waals surface area contributed by atoms with Crippen molar-refractivity contribution >= 4 is 43.4 Å². The lowest BCUT2D eigenvalue weighted by Crippen LogP contribution is -2.43. The van der Waals surface area contributed by atoms with Gasteiger partial charge in [0, 0.05) is 30.1 Å². The number of carbonyl (C=O) groups is 2. The molecule has 1 aromatic rings. The molecule has 208 valence electrons. The Morgan fingerprint density at radius 2 is 2.03 bits per heavy atom. The topological polar surface area (TPSA) is 85.7 Å². The fourth-order valence-corrected chi connectivity index (χ4v) is 7.71. The summed E-state index contributed by atoms with van der Waals surface area (Å²) in [4.78, 5) is 27.0. The Morgan fingerprint density at radius 3 is 2.59 bits per heavy atom. The maximum Gasteiger partial charge on any atom is 0.355 e. The SMILES string of the molecule is C=C(C)CCC(C/C=C/[C@H]1CC[C@H](OC(C)=O)[C@@H]1CCSc1nc(C(=O)O)cs1)O[Si](C)(C)C(C)(C)C. The fourth-order valence-electron chi connectivity index (χ4n) is 4.39. The highest BCUT2D eigenvalue weighted by atomic mass is 32.2. The molecule has 1 N–H and O–H groups in total. The second kappa shape index (κ2) is 14.1. The normalized spacial score (nSPS) is 21.3. The minimum Gasteiger partial charge on any atom is -0.476 e. The molecule has 0 aliphatic heterocycles. The summed E-state index contributed by atoms with van der Waals surface area (Å²) in [7, 11) is -1.89. The molecule has 1 aliphatic rings. The summed E-state index contributed by atoms with van der Waals surface area (Å²) >= 11 is 2.93. The first kappa shape index (κ1) is 31.8. The van der Waals surface area contributed by atoms with Gasteiger partial charge in [0.2, 0.25) is 0 Å². The summed E-state index contributed by atoms with van der Waals surface area (Å²) in [5.74, 6) is 0.140. The third-order valence-electron chi connectivity index (χ3n) is 7.45. The van der Waals surface area contributed by atoms with E-state index < -0.39 is 14.3 Å². The molecule has 0 aromatic carbocycles. The average Bonchev–Trinajstić information content (AvgIpc) is 3.38. The summed E-state index contributed by atoms with van der Waals surface area (Å²) in [5.41, 5.74) is 1.27. The Bertz CT molecular complexity index is 953. The van der Waals surface area contributed by atoms with Gasteiger partial charge < -0.3 is 14.3 Å². The number of thioether (sulfide) groups is 1. The second-order valence-electron chi connectivity index (χ2n) is 11.7. The molecule has 1 unspecified atom stereocenters. The number of carboxylic acids is 1. The number of hydrogen-bond acceptors (Lipinski definition) is 7. The van der Waals surface area contributed by atoms with Crippen molar-refractivity contribution in [1.29, 1.82) is 0 Å². The lowest BCUT2D eigenvalue weighted by molar-refractivity contribution is -0.148. The molecule has 9 heteroatoms. The van der Waals surface area contributed by atoms with Crippen LogP contribution in [0.3, 0.4) is 0 Å². The quantitative estimate of drug-likeness (QED) is 0.106. The maximum absolute atomic E-state index is 11.7. The molecule has 0 spiro atoms.